The van der Waals surface area contributed by atoms with Crippen molar-refractivity contribution < 1.29 is 22.7 Å². The Bertz CT molecular complexity index is 466. The van der Waals surface area contributed by atoms with Crippen molar-refractivity contribution in [2.45, 2.75) is 45.9 Å². The maximum absolute atomic E-state index is 13.0. The normalized spacial score (nSPS) is 15.6. The lowest BCUT2D eigenvalue weighted by atomic mass is 9.86. The molecule has 2 nitrogen and oxygen atoms in total. The number of alkyl halides is 3. The summed E-state index contributed by atoms with van der Waals surface area (Å²) >= 11 is 0. The maximum Gasteiger partial charge on any atom is 0.404 e. The van der Waals surface area contributed by atoms with E-state index in [2.05, 4.69) is 0 Å². The molecule has 0 aliphatic carbocycles. The minimum Gasteiger partial charge on any atom is -0.454 e. The van der Waals surface area contributed by atoms with Gasteiger partial charge in [0.05, 0.1) is 0 Å². The second-order valence-corrected chi connectivity index (χ2v) is 5.45. The molecule has 0 radical (unpaired) electrons. The van der Waals surface area contributed by atoms with E-state index in [4.69, 9.17) is 4.74 Å². The van der Waals surface area contributed by atoms with E-state index < -0.39 is 23.2 Å². The number of ether oxygens (including phenoxy) is 1. The quantitative estimate of drug-likeness (QED) is 0.765. The lowest BCUT2D eigenvalue weighted by molar-refractivity contribution is -0.237. The van der Waals surface area contributed by atoms with Crippen LogP contribution in [0.3, 0.4) is 0 Å². The Morgan fingerprint density at radius 2 is 1.60 bits per heavy atom. The van der Waals surface area contributed by atoms with Crippen LogP contribution < -0.4 is 0 Å². The van der Waals surface area contributed by atoms with Crippen molar-refractivity contribution in [1.29, 1.82) is 0 Å². The average molecular weight is 288 g/mol. The van der Waals surface area contributed by atoms with E-state index in [1.54, 1.807) is 44.2 Å². The molecular weight excluding hydrogens is 269 g/mol. The fourth-order valence-corrected chi connectivity index (χ4v) is 1.70. The van der Waals surface area contributed by atoms with Gasteiger partial charge in [0.25, 0.3) is 0 Å². The first kappa shape index (κ1) is 16.5. The molecule has 0 aliphatic heterocycles. The molecule has 0 saturated heterocycles. The number of esters is 1. The van der Waals surface area contributed by atoms with E-state index in [9.17, 15) is 18.0 Å². The van der Waals surface area contributed by atoms with E-state index >= 15 is 0 Å². The fourth-order valence-electron chi connectivity index (χ4n) is 1.70. The standard InChI is InChI=1S/C15H19F3O2/c1-5-14(4,15(16,17)18)12(19)20-13(2,3)11-9-7-6-8-10-11/h6-10H,5H2,1-4H3. The molecule has 1 atom stereocenters. The van der Waals surface area contributed by atoms with Crippen molar-refractivity contribution in [3.05, 3.63) is 35.9 Å². The molecule has 1 aromatic rings. The van der Waals surface area contributed by atoms with Crippen molar-refractivity contribution in [1.82, 2.24) is 0 Å². The summed E-state index contributed by atoms with van der Waals surface area (Å²) in [5, 5.41) is 0. The number of rotatable bonds is 4. The molecule has 0 bridgehead atoms. The van der Waals surface area contributed by atoms with Crippen molar-refractivity contribution in [2.24, 2.45) is 5.41 Å². The van der Waals surface area contributed by atoms with Crippen LogP contribution in [0.2, 0.25) is 0 Å². The predicted molar refractivity (Wildman–Crippen MR) is 70.0 cm³/mol. The van der Waals surface area contributed by atoms with Gasteiger partial charge in [0.2, 0.25) is 0 Å². The van der Waals surface area contributed by atoms with Crippen LogP contribution in [0.1, 0.15) is 39.7 Å². The first-order valence-corrected chi connectivity index (χ1v) is 6.40. The summed E-state index contributed by atoms with van der Waals surface area (Å²) in [5.41, 5.74) is -2.95. The van der Waals surface area contributed by atoms with Crippen molar-refractivity contribution in [2.75, 3.05) is 0 Å². The number of hydrogen-bond acceptors (Lipinski definition) is 2. The summed E-state index contributed by atoms with van der Waals surface area (Å²) in [5.74, 6) is -1.25. The molecule has 0 heterocycles. The molecule has 0 aromatic heterocycles. The van der Waals surface area contributed by atoms with Gasteiger partial charge in [-0.15, -0.1) is 0 Å². The Morgan fingerprint density at radius 1 is 1.10 bits per heavy atom. The zero-order chi connectivity index (χ0) is 15.6. The smallest absolute Gasteiger partial charge is 0.404 e. The van der Waals surface area contributed by atoms with Gasteiger partial charge in [-0.05, 0) is 32.8 Å². The van der Waals surface area contributed by atoms with Crippen LogP contribution in [0.4, 0.5) is 13.2 Å². The van der Waals surface area contributed by atoms with Crippen LogP contribution in [-0.2, 0) is 15.1 Å². The third kappa shape index (κ3) is 3.14. The Hall–Kier alpha value is -1.52. The highest BCUT2D eigenvalue weighted by atomic mass is 19.4. The molecular formula is C15H19F3O2. The second kappa shape index (κ2) is 5.46. The molecule has 0 amide bonds. The molecule has 5 heteroatoms. The van der Waals surface area contributed by atoms with Crippen LogP contribution in [0.15, 0.2) is 30.3 Å². The van der Waals surface area contributed by atoms with E-state index in [1.807, 2.05) is 0 Å². The maximum atomic E-state index is 13.0. The molecule has 0 aliphatic rings. The minimum atomic E-state index is -4.63. The Labute approximate surface area is 116 Å². The zero-order valence-electron chi connectivity index (χ0n) is 12.0. The van der Waals surface area contributed by atoms with Gasteiger partial charge in [0.15, 0.2) is 5.41 Å². The van der Waals surface area contributed by atoms with Crippen molar-refractivity contribution in [3.8, 4) is 0 Å². The molecule has 0 saturated carbocycles. The van der Waals surface area contributed by atoms with E-state index in [0.29, 0.717) is 5.56 Å². The lowest BCUT2D eigenvalue weighted by Gasteiger charge is -2.33. The molecule has 0 N–H and O–H groups in total. The predicted octanol–water partition coefficient (Wildman–Crippen LogP) is 4.44. The van der Waals surface area contributed by atoms with Crippen LogP contribution in [0.5, 0.6) is 0 Å². The van der Waals surface area contributed by atoms with Crippen LogP contribution in [-0.4, -0.2) is 12.1 Å². The summed E-state index contributed by atoms with van der Waals surface area (Å²) in [6.07, 6.45) is -4.99. The highest BCUT2D eigenvalue weighted by molar-refractivity contribution is 5.78. The second-order valence-electron chi connectivity index (χ2n) is 5.45. The van der Waals surface area contributed by atoms with Gasteiger partial charge < -0.3 is 4.74 Å². The topological polar surface area (TPSA) is 26.3 Å². The molecule has 1 unspecified atom stereocenters. The third-order valence-corrected chi connectivity index (χ3v) is 3.60. The zero-order valence-corrected chi connectivity index (χ0v) is 12.0. The summed E-state index contributed by atoms with van der Waals surface area (Å²) in [6.45, 7) is 5.35. The van der Waals surface area contributed by atoms with Crippen LogP contribution in [0, 0.1) is 5.41 Å². The first-order valence-electron chi connectivity index (χ1n) is 6.40. The SMILES string of the molecule is CCC(C)(C(=O)OC(C)(C)c1ccccc1)C(F)(F)F. The van der Waals surface area contributed by atoms with Gasteiger partial charge >= 0.3 is 12.1 Å². The average Bonchev–Trinajstić information content (AvgIpc) is 2.36. The van der Waals surface area contributed by atoms with Crippen LogP contribution in [0.25, 0.3) is 0 Å². The summed E-state index contributed by atoms with van der Waals surface area (Å²) in [6, 6.07) is 8.70. The minimum absolute atomic E-state index is 0.361. The van der Waals surface area contributed by atoms with Crippen molar-refractivity contribution >= 4 is 5.97 Å². The lowest BCUT2D eigenvalue weighted by Crippen LogP contribution is -2.45. The molecule has 1 rings (SSSR count). The van der Waals surface area contributed by atoms with Crippen LogP contribution >= 0.6 is 0 Å². The molecule has 20 heavy (non-hydrogen) atoms. The van der Waals surface area contributed by atoms with E-state index in [0.717, 1.165) is 6.92 Å². The van der Waals surface area contributed by atoms with E-state index in [1.165, 1.54) is 6.92 Å². The van der Waals surface area contributed by atoms with E-state index in [-0.39, 0.29) is 6.42 Å². The Balaban J connectivity index is 3.00. The highest BCUT2D eigenvalue weighted by Gasteiger charge is 2.57. The fraction of sp³-hybridized carbons (Fsp3) is 0.533. The number of hydrogen-bond donors (Lipinski definition) is 0. The van der Waals surface area contributed by atoms with Gasteiger partial charge in [-0.3, -0.25) is 4.79 Å². The third-order valence-electron chi connectivity index (χ3n) is 3.60. The van der Waals surface area contributed by atoms with Gasteiger partial charge in [0, 0.05) is 0 Å². The van der Waals surface area contributed by atoms with Gasteiger partial charge in [-0.25, -0.2) is 0 Å². The summed E-state index contributed by atoms with van der Waals surface area (Å²) in [4.78, 5) is 12.0. The number of carbonyl (C=O) groups excluding carboxylic acids is 1. The number of halogens is 3. The number of carbonyl (C=O) groups is 1. The van der Waals surface area contributed by atoms with Gasteiger partial charge in [-0.1, -0.05) is 37.3 Å². The molecule has 1 aromatic carbocycles. The largest absolute Gasteiger partial charge is 0.454 e. The van der Waals surface area contributed by atoms with Gasteiger partial charge in [0.1, 0.15) is 5.60 Å². The van der Waals surface area contributed by atoms with Gasteiger partial charge in [-0.2, -0.15) is 13.2 Å². The highest BCUT2D eigenvalue weighted by Crippen LogP contribution is 2.43. The first-order chi connectivity index (χ1) is 9.04. The molecule has 0 fully saturated rings. The Morgan fingerprint density at radius 3 is 2.00 bits per heavy atom. The van der Waals surface area contributed by atoms with Crippen molar-refractivity contribution in [3.63, 3.8) is 0 Å². The summed E-state index contributed by atoms with van der Waals surface area (Å²) < 4.78 is 44.2. The molecule has 0 spiro atoms. The Kier molecular flexibility index (Phi) is 4.52. The number of benzene rings is 1. The monoisotopic (exact) mass is 288 g/mol. The summed E-state index contributed by atoms with van der Waals surface area (Å²) in [7, 11) is 0. The molecule has 112 valence electrons.